The number of nitrogens with zero attached hydrogens (tertiary/aromatic N) is 1. The molecule has 0 saturated carbocycles. The third-order valence-corrected chi connectivity index (χ3v) is 6.86. The predicted molar refractivity (Wildman–Crippen MR) is 75.4 cm³/mol. The Labute approximate surface area is 123 Å². The van der Waals surface area contributed by atoms with Crippen LogP contribution >= 0.6 is 11.6 Å². The highest BCUT2D eigenvalue weighted by Crippen LogP contribution is 2.28. The van der Waals surface area contributed by atoms with Crippen molar-refractivity contribution in [3.63, 3.8) is 0 Å². The molecule has 1 aromatic carbocycles. The van der Waals surface area contributed by atoms with Gasteiger partial charge in [-0.1, -0.05) is 11.6 Å². The van der Waals surface area contributed by atoms with Crippen LogP contribution in [0.25, 0.3) is 0 Å². The normalized spacial score (nSPS) is 19.7. The summed E-state index contributed by atoms with van der Waals surface area (Å²) in [4.78, 5) is 0.0302. The summed E-state index contributed by atoms with van der Waals surface area (Å²) >= 11 is 5.92. The van der Waals surface area contributed by atoms with E-state index >= 15 is 0 Å². The van der Waals surface area contributed by atoms with Gasteiger partial charge in [0.25, 0.3) is 0 Å². The molecule has 1 aromatic rings. The number of sulfone groups is 1. The first-order chi connectivity index (χ1) is 9.26. The molecule has 2 rings (SSSR count). The van der Waals surface area contributed by atoms with Gasteiger partial charge in [0.15, 0.2) is 9.84 Å². The maximum Gasteiger partial charge on any atom is 0.243 e. The summed E-state index contributed by atoms with van der Waals surface area (Å²) in [5.74, 6) is 0.0681. The van der Waals surface area contributed by atoms with Crippen molar-refractivity contribution >= 4 is 31.5 Å². The van der Waals surface area contributed by atoms with Gasteiger partial charge in [-0.25, -0.2) is 16.8 Å². The summed E-state index contributed by atoms with van der Waals surface area (Å²) in [6, 6.07) is 4.16. The molecule has 112 valence electrons. The summed E-state index contributed by atoms with van der Waals surface area (Å²) in [6.45, 7) is -0.0668. The van der Waals surface area contributed by atoms with Crippen molar-refractivity contribution in [1.29, 1.82) is 0 Å². The lowest BCUT2D eigenvalue weighted by atomic mass is 10.3. The van der Waals surface area contributed by atoms with Crippen LogP contribution in [0.5, 0.6) is 5.75 Å². The Morgan fingerprint density at radius 2 is 1.85 bits per heavy atom. The molecule has 1 aliphatic rings. The number of ether oxygens (including phenoxy) is 1. The molecule has 6 nitrogen and oxygen atoms in total. The highest BCUT2D eigenvalue weighted by molar-refractivity contribution is 7.92. The van der Waals surface area contributed by atoms with Gasteiger partial charge in [0, 0.05) is 13.1 Å². The van der Waals surface area contributed by atoms with Crippen molar-refractivity contribution in [2.45, 2.75) is 4.90 Å². The fourth-order valence-corrected chi connectivity index (χ4v) is 5.12. The lowest BCUT2D eigenvalue weighted by Crippen LogP contribution is -2.43. The van der Waals surface area contributed by atoms with Gasteiger partial charge in [-0.2, -0.15) is 4.31 Å². The molecule has 0 aliphatic carbocycles. The third-order valence-electron chi connectivity index (χ3n) is 3.06. The van der Waals surface area contributed by atoms with Crippen LogP contribution < -0.4 is 4.74 Å². The minimum Gasteiger partial charge on any atom is -0.495 e. The zero-order valence-electron chi connectivity index (χ0n) is 10.7. The van der Waals surface area contributed by atoms with E-state index in [0.29, 0.717) is 5.75 Å². The van der Waals surface area contributed by atoms with Gasteiger partial charge in [0.2, 0.25) is 10.0 Å². The minimum absolute atomic E-state index is 0.0302. The standard InChI is InChI=1S/C11H14ClNO5S2/c1-18-11-3-2-9(8-10(11)12)20(16,17)13-4-6-19(14,15)7-5-13/h2-3,8H,4-7H2,1H3. The zero-order valence-corrected chi connectivity index (χ0v) is 13.1. The Morgan fingerprint density at radius 1 is 1.25 bits per heavy atom. The summed E-state index contributed by atoms with van der Waals surface area (Å²) in [5, 5.41) is 0.193. The molecule has 1 saturated heterocycles. The molecular weight excluding hydrogens is 326 g/mol. The largest absolute Gasteiger partial charge is 0.495 e. The third kappa shape index (κ3) is 3.08. The van der Waals surface area contributed by atoms with Crippen LogP contribution in [0, 0.1) is 0 Å². The Balaban J connectivity index is 2.29. The topological polar surface area (TPSA) is 80.8 Å². The van der Waals surface area contributed by atoms with Crippen molar-refractivity contribution in [2.75, 3.05) is 31.7 Å². The molecule has 0 aromatic heterocycles. The summed E-state index contributed by atoms with van der Waals surface area (Å²) in [6.07, 6.45) is 0. The minimum atomic E-state index is -3.73. The van der Waals surface area contributed by atoms with Crippen LogP contribution in [-0.4, -0.2) is 52.8 Å². The molecule has 1 aliphatic heterocycles. The molecule has 1 heterocycles. The molecule has 0 bridgehead atoms. The number of halogens is 1. The Morgan fingerprint density at radius 3 is 2.35 bits per heavy atom. The number of hydrogen-bond donors (Lipinski definition) is 0. The van der Waals surface area contributed by atoms with Crippen LogP contribution in [0.2, 0.25) is 5.02 Å². The van der Waals surface area contributed by atoms with Gasteiger partial charge in [-0.3, -0.25) is 0 Å². The van der Waals surface area contributed by atoms with Crippen LogP contribution in [0.15, 0.2) is 23.1 Å². The second kappa shape index (κ2) is 5.51. The SMILES string of the molecule is COc1ccc(S(=O)(=O)N2CCS(=O)(=O)CC2)cc1Cl. The quantitative estimate of drug-likeness (QED) is 0.812. The van der Waals surface area contributed by atoms with Crippen molar-refractivity contribution in [3.05, 3.63) is 23.2 Å². The molecule has 0 spiro atoms. The molecule has 0 amide bonds. The lowest BCUT2D eigenvalue weighted by Gasteiger charge is -2.26. The second-order valence-corrected chi connectivity index (χ2v) is 9.00. The fourth-order valence-electron chi connectivity index (χ4n) is 1.89. The van der Waals surface area contributed by atoms with E-state index in [1.165, 1.54) is 25.3 Å². The van der Waals surface area contributed by atoms with Crippen molar-refractivity contribution < 1.29 is 21.6 Å². The average molecular weight is 340 g/mol. The zero-order chi connectivity index (χ0) is 15.0. The second-order valence-electron chi connectivity index (χ2n) is 4.35. The molecule has 1 fully saturated rings. The van der Waals surface area contributed by atoms with Gasteiger partial charge in [0.05, 0.1) is 28.5 Å². The molecule has 0 radical (unpaired) electrons. The lowest BCUT2D eigenvalue weighted by molar-refractivity contribution is 0.414. The van der Waals surface area contributed by atoms with E-state index in [1.54, 1.807) is 0 Å². The van der Waals surface area contributed by atoms with Crippen molar-refractivity contribution in [3.8, 4) is 5.75 Å². The number of sulfonamides is 1. The highest BCUT2D eigenvalue weighted by atomic mass is 35.5. The highest BCUT2D eigenvalue weighted by Gasteiger charge is 2.31. The van der Waals surface area contributed by atoms with Gasteiger partial charge >= 0.3 is 0 Å². The predicted octanol–water partition coefficient (Wildman–Crippen LogP) is 0.768. The van der Waals surface area contributed by atoms with E-state index in [-0.39, 0.29) is 34.5 Å². The van der Waals surface area contributed by atoms with Crippen LogP contribution in [0.4, 0.5) is 0 Å². The summed E-state index contributed by atoms with van der Waals surface area (Å²) in [7, 11) is -5.42. The van der Waals surface area contributed by atoms with E-state index in [1.807, 2.05) is 0 Å². The summed E-state index contributed by atoms with van der Waals surface area (Å²) in [5.41, 5.74) is 0. The first-order valence-electron chi connectivity index (χ1n) is 5.80. The van der Waals surface area contributed by atoms with E-state index in [9.17, 15) is 16.8 Å². The van der Waals surface area contributed by atoms with E-state index in [4.69, 9.17) is 16.3 Å². The Hall–Kier alpha value is -0.830. The Kier molecular flexibility index (Phi) is 4.29. The maximum absolute atomic E-state index is 12.4. The first-order valence-corrected chi connectivity index (χ1v) is 9.44. The molecule has 0 atom stereocenters. The van der Waals surface area contributed by atoms with Gasteiger partial charge in [-0.15, -0.1) is 0 Å². The average Bonchev–Trinajstić information content (AvgIpc) is 2.38. The monoisotopic (exact) mass is 339 g/mol. The van der Waals surface area contributed by atoms with Gasteiger partial charge in [-0.05, 0) is 18.2 Å². The number of methoxy groups -OCH3 is 1. The maximum atomic E-state index is 12.4. The smallest absolute Gasteiger partial charge is 0.243 e. The first kappa shape index (κ1) is 15.6. The van der Waals surface area contributed by atoms with Crippen molar-refractivity contribution in [1.82, 2.24) is 4.31 Å². The fraction of sp³-hybridized carbons (Fsp3) is 0.455. The molecule has 0 N–H and O–H groups in total. The van der Waals surface area contributed by atoms with E-state index in [2.05, 4.69) is 0 Å². The molecular formula is C11H14ClNO5S2. The van der Waals surface area contributed by atoms with Gasteiger partial charge < -0.3 is 4.74 Å². The number of rotatable bonds is 3. The Bertz CT molecular complexity index is 700. The molecule has 20 heavy (non-hydrogen) atoms. The van der Waals surface area contributed by atoms with E-state index < -0.39 is 19.9 Å². The number of benzene rings is 1. The van der Waals surface area contributed by atoms with Crippen molar-refractivity contribution in [2.24, 2.45) is 0 Å². The molecule has 0 unspecified atom stereocenters. The molecule has 9 heteroatoms. The number of hydrogen-bond acceptors (Lipinski definition) is 5. The van der Waals surface area contributed by atoms with Crippen LogP contribution in [-0.2, 0) is 19.9 Å². The summed E-state index contributed by atoms with van der Waals surface area (Å²) < 4.78 is 53.6. The van der Waals surface area contributed by atoms with E-state index in [0.717, 1.165) is 4.31 Å². The van der Waals surface area contributed by atoms with Crippen LogP contribution in [0.3, 0.4) is 0 Å². The van der Waals surface area contributed by atoms with Crippen LogP contribution in [0.1, 0.15) is 0 Å². The van der Waals surface area contributed by atoms with Gasteiger partial charge in [0.1, 0.15) is 5.75 Å².